The van der Waals surface area contributed by atoms with E-state index in [0.29, 0.717) is 10.7 Å². The summed E-state index contributed by atoms with van der Waals surface area (Å²) in [6.45, 7) is 5.73. The Labute approximate surface area is 162 Å². The maximum atomic E-state index is 12.5. The lowest BCUT2D eigenvalue weighted by Crippen LogP contribution is -2.29. The SMILES string of the molecule is Cc1cc(C)c(NC(=O)Cn2nc(-c3cccc(Cl)c3)ccc2=O)c(C)c1. The number of halogens is 1. The van der Waals surface area contributed by atoms with E-state index < -0.39 is 0 Å². The van der Waals surface area contributed by atoms with Crippen LogP contribution in [0, 0.1) is 20.8 Å². The van der Waals surface area contributed by atoms with Gasteiger partial charge in [-0.25, -0.2) is 4.68 Å². The summed E-state index contributed by atoms with van der Waals surface area (Å²) >= 11 is 6.02. The Morgan fingerprint density at radius 1 is 1.07 bits per heavy atom. The van der Waals surface area contributed by atoms with Gasteiger partial charge in [-0.05, 0) is 50.1 Å². The fourth-order valence-electron chi connectivity index (χ4n) is 3.06. The Morgan fingerprint density at radius 3 is 2.44 bits per heavy atom. The second-order valence-electron chi connectivity index (χ2n) is 6.55. The number of amides is 1. The minimum absolute atomic E-state index is 0.167. The predicted octanol–water partition coefficient (Wildman–Crippen LogP) is 4.13. The van der Waals surface area contributed by atoms with Crippen molar-refractivity contribution in [2.45, 2.75) is 27.3 Å². The molecular weight excluding hydrogens is 362 g/mol. The van der Waals surface area contributed by atoms with E-state index in [-0.39, 0.29) is 18.0 Å². The third kappa shape index (κ3) is 4.44. The van der Waals surface area contributed by atoms with Gasteiger partial charge in [-0.3, -0.25) is 9.59 Å². The molecule has 27 heavy (non-hydrogen) atoms. The molecule has 6 heteroatoms. The zero-order valence-corrected chi connectivity index (χ0v) is 16.2. The topological polar surface area (TPSA) is 64.0 Å². The molecule has 1 amide bonds. The molecule has 0 aliphatic rings. The van der Waals surface area contributed by atoms with Gasteiger partial charge in [-0.2, -0.15) is 5.10 Å². The summed E-state index contributed by atoms with van der Waals surface area (Å²) in [5, 5.41) is 7.78. The monoisotopic (exact) mass is 381 g/mol. The largest absolute Gasteiger partial charge is 0.324 e. The summed E-state index contributed by atoms with van der Waals surface area (Å²) in [5.74, 6) is -0.303. The number of rotatable bonds is 4. The highest BCUT2D eigenvalue weighted by atomic mass is 35.5. The van der Waals surface area contributed by atoms with E-state index >= 15 is 0 Å². The summed E-state index contributed by atoms with van der Waals surface area (Å²) in [4.78, 5) is 24.6. The van der Waals surface area contributed by atoms with Crippen LogP contribution in [0.4, 0.5) is 5.69 Å². The zero-order valence-electron chi connectivity index (χ0n) is 15.4. The molecule has 1 aromatic heterocycles. The molecule has 1 heterocycles. The van der Waals surface area contributed by atoms with E-state index in [1.165, 1.54) is 6.07 Å². The molecule has 0 unspecified atom stereocenters. The van der Waals surface area contributed by atoms with Crippen molar-refractivity contribution >= 4 is 23.2 Å². The van der Waals surface area contributed by atoms with Gasteiger partial charge in [0.25, 0.3) is 5.56 Å². The third-order valence-corrected chi connectivity index (χ3v) is 4.46. The number of anilines is 1. The van der Waals surface area contributed by atoms with Crippen LogP contribution in [-0.2, 0) is 11.3 Å². The third-order valence-electron chi connectivity index (χ3n) is 4.22. The van der Waals surface area contributed by atoms with Crippen molar-refractivity contribution in [3.63, 3.8) is 0 Å². The fourth-order valence-corrected chi connectivity index (χ4v) is 3.25. The van der Waals surface area contributed by atoms with Crippen molar-refractivity contribution in [3.05, 3.63) is 80.6 Å². The summed E-state index contributed by atoms with van der Waals surface area (Å²) in [6, 6.07) is 14.2. The molecule has 0 aliphatic heterocycles. The quantitative estimate of drug-likeness (QED) is 0.739. The molecule has 2 aromatic carbocycles. The van der Waals surface area contributed by atoms with E-state index in [1.54, 1.807) is 18.2 Å². The Balaban J connectivity index is 1.84. The highest BCUT2D eigenvalue weighted by Gasteiger charge is 2.11. The molecule has 0 spiro atoms. The van der Waals surface area contributed by atoms with Crippen molar-refractivity contribution in [3.8, 4) is 11.3 Å². The second kappa shape index (κ2) is 7.76. The van der Waals surface area contributed by atoms with Gasteiger partial charge >= 0.3 is 0 Å². The normalized spacial score (nSPS) is 10.7. The van der Waals surface area contributed by atoms with Crippen LogP contribution in [0.15, 0.2) is 53.3 Å². The van der Waals surface area contributed by atoms with E-state index in [9.17, 15) is 9.59 Å². The number of carbonyl (C=O) groups excluding carboxylic acids is 1. The Hall–Kier alpha value is -2.92. The number of hydrogen-bond acceptors (Lipinski definition) is 3. The summed E-state index contributed by atoms with van der Waals surface area (Å²) in [6.07, 6.45) is 0. The lowest BCUT2D eigenvalue weighted by atomic mass is 10.1. The van der Waals surface area contributed by atoms with E-state index in [0.717, 1.165) is 32.6 Å². The molecule has 3 aromatic rings. The molecule has 1 N–H and O–H groups in total. The van der Waals surface area contributed by atoms with Crippen LogP contribution in [0.25, 0.3) is 11.3 Å². The summed E-state index contributed by atoms with van der Waals surface area (Å²) in [5.41, 5.74) is 4.88. The molecule has 0 atom stereocenters. The van der Waals surface area contributed by atoms with Crippen LogP contribution >= 0.6 is 11.6 Å². The Morgan fingerprint density at radius 2 is 1.78 bits per heavy atom. The molecule has 0 bridgehead atoms. The Bertz CT molecular complexity index is 1050. The smallest absolute Gasteiger partial charge is 0.267 e. The van der Waals surface area contributed by atoms with Gasteiger partial charge in [0.1, 0.15) is 6.54 Å². The van der Waals surface area contributed by atoms with Crippen molar-refractivity contribution < 1.29 is 4.79 Å². The molecule has 3 rings (SSSR count). The van der Waals surface area contributed by atoms with Crippen molar-refractivity contribution in [1.29, 1.82) is 0 Å². The van der Waals surface area contributed by atoms with Crippen LogP contribution in [0.3, 0.4) is 0 Å². The molecule has 0 radical (unpaired) electrons. The van der Waals surface area contributed by atoms with Gasteiger partial charge in [0.15, 0.2) is 0 Å². The second-order valence-corrected chi connectivity index (χ2v) is 6.98. The number of hydrogen-bond donors (Lipinski definition) is 1. The maximum absolute atomic E-state index is 12.5. The van der Waals surface area contributed by atoms with Crippen LogP contribution in [-0.4, -0.2) is 15.7 Å². The number of nitrogens with zero attached hydrogens (tertiary/aromatic N) is 2. The Kier molecular flexibility index (Phi) is 5.42. The minimum Gasteiger partial charge on any atom is -0.324 e. The molecule has 0 aliphatic carbocycles. The average molecular weight is 382 g/mol. The van der Waals surface area contributed by atoms with Crippen molar-refractivity contribution in [1.82, 2.24) is 9.78 Å². The standard InChI is InChI=1S/C21H20ClN3O2/c1-13-9-14(2)21(15(3)10-13)23-19(26)12-25-20(27)8-7-18(24-25)16-5-4-6-17(22)11-16/h4-11H,12H2,1-3H3,(H,23,26). The molecule has 0 fully saturated rings. The molecule has 138 valence electrons. The van der Waals surface area contributed by atoms with E-state index in [2.05, 4.69) is 10.4 Å². The number of carbonyl (C=O) groups is 1. The number of benzene rings is 2. The van der Waals surface area contributed by atoms with Gasteiger partial charge in [-0.1, -0.05) is 41.4 Å². The average Bonchev–Trinajstić information content (AvgIpc) is 2.60. The van der Waals surface area contributed by atoms with Crippen LogP contribution in [0.2, 0.25) is 5.02 Å². The molecule has 5 nitrogen and oxygen atoms in total. The van der Waals surface area contributed by atoms with Crippen LogP contribution in [0.5, 0.6) is 0 Å². The van der Waals surface area contributed by atoms with E-state index in [4.69, 9.17) is 11.6 Å². The summed E-state index contributed by atoms with van der Waals surface area (Å²) < 4.78 is 1.16. The van der Waals surface area contributed by atoms with Crippen LogP contribution in [0.1, 0.15) is 16.7 Å². The first-order valence-corrected chi connectivity index (χ1v) is 8.93. The lowest BCUT2D eigenvalue weighted by molar-refractivity contribution is -0.117. The van der Waals surface area contributed by atoms with Gasteiger partial charge in [0, 0.05) is 22.3 Å². The van der Waals surface area contributed by atoms with Gasteiger partial charge in [0.05, 0.1) is 5.69 Å². The maximum Gasteiger partial charge on any atom is 0.267 e. The number of aryl methyl sites for hydroxylation is 3. The first-order valence-electron chi connectivity index (χ1n) is 8.55. The van der Waals surface area contributed by atoms with Gasteiger partial charge in [0.2, 0.25) is 5.91 Å². The lowest BCUT2D eigenvalue weighted by Gasteiger charge is -2.13. The number of aromatic nitrogens is 2. The molecular formula is C21H20ClN3O2. The van der Waals surface area contributed by atoms with Crippen LogP contribution < -0.4 is 10.9 Å². The van der Waals surface area contributed by atoms with Gasteiger partial charge in [-0.15, -0.1) is 0 Å². The molecule has 0 saturated carbocycles. The highest BCUT2D eigenvalue weighted by Crippen LogP contribution is 2.22. The van der Waals surface area contributed by atoms with Gasteiger partial charge < -0.3 is 5.32 Å². The predicted molar refractivity (Wildman–Crippen MR) is 108 cm³/mol. The molecule has 0 saturated heterocycles. The number of nitrogens with one attached hydrogen (secondary N) is 1. The van der Waals surface area contributed by atoms with Crippen molar-refractivity contribution in [2.75, 3.05) is 5.32 Å². The highest BCUT2D eigenvalue weighted by molar-refractivity contribution is 6.30. The summed E-state index contributed by atoms with van der Waals surface area (Å²) in [7, 11) is 0. The first-order chi connectivity index (χ1) is 12.8. The minimum atomic E-state index is -0.340. The van der Waals surface area contributed by atoms with Crippen molar-refractivity contribution in [2.24, 2.45) is 0 Å². The fraction of sp³-hybridized carbons (Fsp3) is 0.190. The first kappa shape index (κ1) is 18.9. The zero-order chi connectivity index (χ0) is 19.6. The van der Waals surface area contributed by atoms with E-state index in [1.807, 2.05) is 45.0 Å².